The Bertz CT molecular complexity index is 1130. The maximum absolute atomic E-state index is 13.0. The normalized spacial score (nSPS) is 10.8. The molecule has 170 valence electrons. The van der Waals surface area contributed by atoms with Crippen LogP contribution in [-0.2, 0) is 4.79 Å². The molecule has 8 nitrogen and oxygen atoms in total. The predicted octanol–water partition coefficient (Wildman–Crippen LogP) is 3.91. The van der Waals surface area contributed by atoms with Gasteiger partial charge in [0.2, 0.25) is 0 Å². The second-order valence-electron chi connectivity index (χ2n) is 6.78. The first-order valence-electron chi connectivity index (χ1n) is 10.2. The van der Waals surface area contributed by atoms with E-state index in [4.69, 9.17) is 14.2 Å². The zero-order valence-corrected chi connectivity index (χ0v) is 18.6. The minimum Gasteiger partial charge on any atom is -0.494 e. The molecule has 0 unspecified atom stereocenters. The molecule has 3 rings (SSSR count). The fourth-order valence-electron chi connectivity index (χ4n) is 2.96. The Morgan fingerprint density at radius 2 is 1.76 bits per heavy atom. The molecule has 0 radical (unpaired) electrons. The molecule has 1 heterocycles. The molecule has 0 aliphatic rings. The summed E-state index contributed by atoms with van der Waals surface area (Å²) in [5.74, 6) is 0.628. The number of carbonyl (C=O) groups excluding carboxylic acids is 2. The molecule has 3 aromatic rings. The van der Waals surface area contributed by atoms with Gasteiger partial charge in [-0.3, -0.25) is 14.6 Å². The Balaban J connectivity index is 1.84. The van der Waals surface area contributed by atoms with Crippen molar-refractivity contribution in [3.8, 4) is 17.2 Å². The zero-order chi connectivity index (χ0) is 23.6. The van der Waals surface area contributed by atoms with Crippen LogP contribution in [0.1, 0.15) is 22.8 Å². The third-order valence-corrected chi connectivity index (χ3v) is 4.56. The Kier molecular flexibility index (Phi) is 8.02. The number of methoxy groups -OCH3 is 2. The van der Waals surface area contributed by atoms with Crippen molar-refractivity contribution in [2.45, 2.75) is 6.92 Å². The number of amides is 2. The van der Waals surface area contributed by atoms with E-state index < -0.39 is 11.8 Å². The molecule has 2 N–H and O–H groups in total. The zero-order valence-electron chi connectivity index (χ0n) is 18.6. The van der Waals surface area contributed by atoms with Crippen molar-refractivity contribution >= 4 is 23.6 Å². The van der Waals surface area contributed by atoms with Crippen LogP contribution in [-0.4, -0.2) is 37.6 Å². The van der Waals surface area contributed by atoms with Crippen molar-refractivity contribution in [3.05, 3.63) is 83.8 Å². The number of rotatable bonds is 9. The number of nitrogens with one attached hydrogen (secondary N) is 2. The first kappa shape index (κ1) is 23.3. The van der Waals surface area contributed by atoms with Crippen LogP contribution >= 0.6 is 0 Å². The summed E-state index contributed by atoms with van der Waals surface area (Å²) in [6, 6.07) is 15.2. The van der Waals surface area contributed by atoms with Gasteiger partial charge in [-0.05, 0) is 67.1 Å². The van der Waals surface area contributed by atoms with Gasteiger partial charge in [0, 0.05) is 23.6 Å². The van der Waals surface area contributed by atoms with E-state index in [1.807, 2.05) is 6.92 Å². The topological polar surface area (TPSA) is 98.8 Å². The molecule has 2 amide bonds. The van der Waals surface area contributed by atoms with Crippen LogP contribution in [0.25, 0.3) is 6.08 Å². The fraction of sp³-hybridized carbons (Fsp3) is 0.160. The Hall–Kier alpha value is -4.33. The second-order valence-corrected chi connectivity index (χ2v) is 6.78. The molecule has 0 saturated heterocycles. The van der Waals surface area contributed by atoms with Crippen LogP contribution in [0, 0.1) is 0 Å². The average molecular weight is 447 g/mol. The highest BCUT2D eigenvalue weighted by Gasteiger charge is 2.17. The highest BCUT2D eigenvalue weighted by Crippen LogP contribution is 2.27. The number of carbonyl (C=O) groups is 2. The maximum atomic E-state index is 13.0. The number of pyridine rings is 1. The van der Waals surface area contributed by atoms with Crippen molar-refractivity contribution in [1.82, 2.24) is 10.3 Å². The number of hydrogen-bond donors (Lipinski definition) is 2. The molecule has 0 aliphatic carbocycles. The van der Waals surface area contributed by atoms with Crippen LogP contribution in [0.5, 0.6) is 17.2 Å². The third-order valence-electron chi connectivity index (χ3n) is 4.56. The van der Waals surface area contributed by atoms with Gasteiger partial charge in [0.15, 0.2) is 11.5 Å². The Morgan fingerprint density at radius 1 is 1.00 bits per heavy atom. The van der Waals surface area contributed by atoms with Crippen LogP contribution in [0.3, 0.4) is 0 Å². The summed E-state index contributed by atoms with van der Waals surface area (Å²) in [7, 11) is 3.00. The minimum absolute atomic E-state index is 0.0525. The highest BCUT2D eigenvalue weighted by molar-refractivity contribution is 6.10. The van der Waals surface area contributed by atoms with Crippen molar-refractivity contribution in [1.29, 1.82) is 0 Å². The van der Waals surface area contributed by atoms with Crippen LogP contribution in [0.4, 0.5) is 5.69 Å². The molecule has 0 aliphatic heterocycles. The maximum Gasteiger partial charge on any atom is 0.272 e. The third kappa shape index (κ3) is 6.33. The lowest BCUT2D eigenvalue weighted by Crippen LogP contribution is -2.30. The summed E-state index contributed by atoms with van der Waals surface area (Å²) >= 11 is 0. The largest absolute Gasteiger partial charge is 0.494 e. The van der Waals surface area contributed by atoms with Gasteiger partial charge in [-0.1, -0.05) is 6.07 Å². The van der Waals surface area contributed by atoms with Gasteiger partial charge in [-0.2, -0.15) is 0 Å². The van der Waals surface area contributed by atoms with Gasteiger partial charge in [-0.15, -0.1) is 0 Å². The molecule has 0 bridgehead atoms. The summed E-state index contributed by atoms with van der Waals surface area (Å²) in [5, 5.41) is 5.47. The number of hydrogen-bond acceptors (Lipinski definition) is 6. The van der Waals surface area contributed by atoms with Crippen molar-refractivity contribution < 1.29 is 23.8 Å². The van der Waals surface area contributed by atoms with Gasteiger partial charge in [0.25, 0.3) is 11.8 Å². The van der Waals surface area contributed by atoms with Gasteiger partial charge < -0.3 is 24.8 Å². The van der Waals surface area contributed by atoms with E-state index in [0.717, 1.165) is 0 Å². The van der Waals surface area contributed by atoms with Gasteiger partial charge in [0.1, 0.15) is 11.4 Å². The fourth-order valence-corrected chi connectivity index (χ4v) is 2.96. The van der Waals surface area contributed by atoms with E-state index in [2.05, 4.69) is 15.6 Å². The highest BCUT2D eigenvalue weighted by atomic mass is 16.5. The summed E-state index contributed by atoms with van der Waals surface area (Å²) < 4.78 is 15.9. The number of ether oxygens (including phenoxy) is 3. The minimum atomic E-state index is -0.489. The van der Waals surface area contributed by atoms with E-state index in [1.54, 1.807) is 73.1 Å². The summed E-state index contributed by atoms with van der Waals surface area (Å²) in [6.45, 7) is 2.44. The van der Waals surface area contributed by atoms with E-state index >= 15 is 0 Å². The van der Waals surface area contributed by atoms with Crippen molar-refractivity contribution in [3.63, 3.8) is 0 Å². The molecule has 2 aromatic carbocycles. The quantitative estimate of drug-likeness (QED) is 0.483. The van der Waals surface area contributed by atoms with E-state index in [-0.39, 0.29) is 5.70 Å². The van der Waals surface area contributed by atoms with Gasteiger partial charge >= 0.3 is 0 Å². The molecule has 0 saturated carbocycles. The second kappa shape index (κ2) is 11.3. The molecule has 0 spiro atoms. The molecule has 0 fully saturated rings. The molecule has 0 atom stereocenters. The average Bonchev–Trinajstić information content (AvgIpc) is 2.85. The summed E-state index contributed by atoms with van der Waals surface area (Å²) in [5.41, 5.74) is 1.57. The van der Waals surface area contributed by atoms with Crippen LogP contribution < -0.4 is 24.8 Å². The van der Waals surface area contributed by atoms with E-state index in [1.165, 1.54) is 14.2 Å². The Labute approximate surface area is 192 Å². The standard InChI is InChI=1S/C25H25N3O5/c1-4-33-20-10-8-19(9-11-20)27-25(30)21(14-17-6-5-13-26-16-17)28-24(29)18-7-12-22(31-2)23(15-18)32-3/h5-16H,4H2,1-3H3,(H,27,30)(H,28,29)/b21-14+. The number of anilines is 1. The van der Waals surface area contributed by atoms with Crippen LogP contribution in [0.15, 0.2) is 72.7 Å². The Morgan fingerprint density at radius 3 is 2.39 bits per heavy atom. The summed E-state index contributed by atoms with van der Waals surface area (Å²) in [6.07, 6.45) is 4.77. The number of aromatic nitrogens is 1. The monoisotopic (exact) mass is 447 g/mol. The number of benzene rings is 2. The SMILES string of the molecule is CCOc1ccc(NC(=O)/C(=C\c2cccnc2)NC(=O)c2ccc(OC)c(OC)c2)cc1. The molecule has 8 heteroatoms. The first-order valence-corrected chi connectivity index (χ1v) is 10.2. The predicted molar refractivity (Wildman–Crippen MR) is 125 cm³/mol. The summed E-state index contributed by atoms with van der Waals surface area (Å²) in [4.78, 5) is 30.0. The van der Waals surface area contributed by atoms with Crippen molar-refractivity contribution in [2.75, 3.05) is 26.1 Å². The van der Waals surface area contributed by atoms with Crippen LogP contribution in [0.2, 0.25) is 0 Å². The molecule has 1 aromatic heterocycles. The molecular formula is C25H25N3O5. The first-order chi connectivity index (χ1) is 16.0. The lowest BCUT2D eigenvalue weighted by molar-refractivity contribution is -0.113. The van der Waals surface area contributed by atoms with E-state index in [9.17, 15) is 9.59 Å². The smallest absolute Gasteiger partial charge is 0.272 e. The lowest BCUT2D eigenvalue weighted by Gasteiger charge is -2.13. The van der Waals surface area contributed by atoms with Gasteiger partial charge in [0.05, 0.1) is 20.8 Å². The lowest BCUT2D eigenvalue weighted by atomic mass is 10.1. The molecule has 33 heavy (non-hydrogen) atoms. The van der Waals surface area contributed by atoms with E-state index in [0.29, 0.717) is 40.7 Å². The van der Waals surface area contributed by atoms with Gasteiger partial charge in [-0.25, -0.2) is 0 Å². The molecular weight excluding hydrogens is 422 g/mol. The van der Waals surface area contributed by atoms with Crippen molar-refractivity contribution in [2.24, 2.45) is 0 Å². The number of nitrogens with zero attached hydrogens (tertiary/aromatic N) is 1.